The summed E-state index contributed by atoms with van der Waals surface area (Å²) in [5.74, 6) is 0.0536. The minimum absolute atomic E-state index is 0.142. The monoisotopic (exact) mass is 468 g/mol. The molecule has 0 bridgehead atoms. The second-order valence-corrected chi connectivity index (χ2v) is 8.66. The first-order chi connectivity index (χ1) is 16.7. The fraction of sp³-hybridized carbons (Fsp3) is 0.0741. The summed E-state index contributed by atoms with van der Waals surface area (Å²) in [6, 6.07) is 25.9. The maximum absolute atomic E-state index is 13.5. The number of halogens is 1. The smallest absolute Gasteiger partial charge is 0.231 e. The molecule has 1 N–H and O–H groups in total. The third-order valence-corrected chi connectivity index (χ3v) is 6.26. The van der Waals surface area contributed by atoms with E-state index in [0.29, 0.717) is 23.8 Å². The van der Waals surface area contributed by atoms with Crippen molar-refractivity contribution in [2.45, 2.75) is 13.0 Å². The lowest BCUT2D eigenvalue weighted by molar-refractivity contribution is -0.115. The molecule has 0 fully saturated rings. The molecule has 3 aromatic carbocycles. The molecule has 7 heteroatoms. The first kappa shape index (κ1) is 21.7. The highest BCUT2D eigenvalue weighted by Crippen LogP contribution is 2.28. The quantitative estimate of drug-likeness (QED) is 0.317. The second kappa shape index (κ2) is 9.80. The van der Waals surface area contributed by atoms with E-state index >= 15 is 0 Å². The molecule has 5 aromatic rings. The van der Waals surface area contributed by atoms with Crippen LogP contribution in [-0.4, -0.2) is 20.4 Å². The Morgan fingerprint density at radius 1 is 0.912 bits per heavy atom. The van der Waals surface area contributed by atoms with E-state index in [-0.39, 0.29) is 18.1 Å². The predicted molar refractivity (Wildman–Crippen MR) is 133 cm³/mol. The van der Waals surface area contributed by atoms with Crippen molar-refractivity contribution in [2.24, 2.45) is 0 Å². The van der Waals surface area contributed by atoms with E-state index in [4.69, 9.17) is 0 Å². The van der Waals surface area contributed by atoms with Gasteiger partial charge in [-0.15, -0.1) is 11.3 Å². The van der Waals surface area contributed by atoms with Crippen molar-refractivity contribution >= 4 is 23.1 Å². The van der Waals surface area contributed by atoms with Gasteiger partial charge in [0.15, 0.2) is 0 Å². The molecule has 0 radical (unpaired) electrons. The Balaban J connectivity index is 1.40. The van der Waals surface area contributed by atoms with E-state index in [0.717, 1.165) is 21.7 Å². The number of nitrogens with zero attached hydrogens (tertiary/aromatic N) is 3. The number of anilines is 1. The first-order valence-corrected chi connectivity index (χ1v) is 11.7. The van der Waals surface area contributed by atoms with Crippen LogP contribution in [-0.2, 0) is 17.8 Å². The lowest BCUT2D eigenvalue weighted by atomic mass is 10.1. The summed E-state index contributed by atoms with van der Waals surface area (Å²) in [6.45, 7) is 0.541. The Kier molecular flexibility index (Phi) is 6.27. The van der Waals surface area contributed by atoms with Gasteiger partial charge < -0.3 is 9.88 Å². The van der Waals surface area contributed by atoms with Gasteiger partial charge in [0.1, 0.15) is 22.3 Å². The minimum Gasteiger partial charge on any atom is -0.312 e. The molecule has 5 rings (SSSR count). The normalized spacial score (nSPS) is 10.9. The van der Waals surface area contributed by atoms with Crippen LogP contribution in [0, 0.1) is 5.82 Å². The largest absolute Gasteiger partial charge is 0.312 e. The zero-order valence-electron chi connectivity index (χ0n) is 18.2. The fourth-order valence-electron chi connectivity index (χ4n) is 3.67. The van der Waals surface area contributed by atoms with Crippen molar-refractivity contribution in [1.82, 2.24) is 14.5 Å². The van der Waals surface area contributed by atoms with Crippen molar-refractivity contribution in [3.8, 4) is 21.8 Å². The maximum atomic E-state index is 13.5. The van der Waals surface area contributed by atoms with Crippen LogP contribution in [0.15, 0.2) is 96.6 Å². The van der Waals surface area contributed by atoms with Crippen molar-refractivity contribution in [3.05, 3.63) is 114 Å². The average Bonchev–Trinajstić information content (AvgIpc) is 3.48. The molecule has 0 aliphatic heterocycles. The summed E-state index contributed by atoms with van der Waals surface area (Å²) >= 11 is 1.51. The number of aromatic nitrogens is 3. The molecule has 0 aliphatic carbocycles. The van der Waals surface area contributed by atoms with Gasteiger partial charge in [0, 0.05) is 16.5 Å². The van der Waals surface area contributed by atoms with Gasteiger partial charge in [-0.25, -0.2) is 14.4 Å². The molecule has 0 saturated carbocycles. The molecule has 2 aromatic heterocycles. The highest BCUT2D eigenvalue weighted by atomic mass is 32.1. The number of hydrogen-bond donors (Lipinski definition) is 1. The van der Waals surface area contributed by atoms with Gasteiger partial charge >= 0.3 is 0 Å². The van der Waals surface area contributed by atoms with E-state index in [1.165, 1.54) is 23.5 Å². The number of benzene rings is 3. The van der Waals surface area contributed by atoms with E-state index in [1.807, 2.05) is 70.6 Å². The third-order valence-electron chi connectivity index (χ3n) is 5.32. The molecule has 168 valence electrons. The molecule has 0 saturated heterocycles. The van der Waals surface area contributed by atoms with Crippen LogP contribution in [0.25, 0.3) is 21.8 Å². The summed E-state index contributed by atoms with van der Waals surface area (Å²) in [5.41, 5.74) is 4.13. The Bertz CT molecular complexity index is 1400. The summed E-state index contributed by atoms with van der Waals surface area (Å²) < 4.78 is 15.4. The van der Waals surface area contributed by atoms with Crippen molar-refractivity contribution in [1.29, 1.82) is 0 Å². The standard InChI is InChI=1S/C27H21FN4OS/c28-22-13-11-20(12-14-22)25-26(32(18-29-25)16-19-7-3-1-4-8-19)31-24(33)15-23-17-34-27(30-23)21-9-5-2-6-10-21/h1-14,17-18H,15-16H2,(H,31,33). The van der Waals surface area contributed by atoms with E-state index in [1.54, 1.807) is 18.5 Å². The molecule has 0 atom stereocenters. The van der Waals surface area contributed by atoms with Crippen LogP contribution in [0.1, 0.15) is 11.3 Å². The van der Waals surface area contributed by atoms with Gasteiger partial charge in [-0.1, -0.05) is 60.7 Å². The molecule has 5 nitrogen and oxygen atoms in total. The van der Waals surface area contributed by atoms with Gasteiger partial charge in [-0.3, -0.25) is 4.79 Å². The average molecular weight is 469 g/mol. The number of amides is 1. The number of nitrogens with one attached hydrogen (secondary N) is 1. The number of imidazole rings is 1. The predicted octanol–water partition coefficient (Wildman–Crippen LogP) is 6.04. The molecule has 0 unspecified atom stereocenters. The summed E-state index contributed by atoms with van der Waals surface area (Å²) in [5, 5.41) is 5.81. The van der Waals surface area contributed by atoms with Crippen molar-refractivity contribution in [2.75, 3.05) is 5.32 Å². The number of rotatable bonds is 7. The van der Waals surface area contributed by atoms with Gasteiger partial charge in [0.25, 0.3) is 0 Å². The zero-order chi connectivity index (χ0) is 23.3. The third kappa shape index (κ3) is 4.94. The Hall–Kier alpha value is -4.10. The van der Waals surface area contributed by atoms with E-state index in [2.05, 4.69) is 15.3 Å². The Morgan fingerprint density at radius 3 is 2.35 bits per heavy atom. The lowest BCUT2D eigenvalue weighted by Crippen LogP contribution is -2.18. The van der Waals surface area contributed by atoms with Crippen LogP contribution < -0.4 is 5.32 Å². The second-order valence-electron chi connectivity index (χ2n) is 7.80. The molecule has 34 heavy (non-hydrogen) atoms. The molecular formula is C27H21FN4OS. The van der Waals surface area contributed by atoms with Crippen LogP contribution >= 0.6 is 11.3 Å². The van der Waals surface area contributed by atoms with Gasteiger partial charge in [0.2, 0.25) is 5.91 Å². The van der Waals surface area contributed by atoms with Crippen LogP contribution in [0.2, 0.25) is 0 Å². The minimum atomic E-state index is -0.323. The summed E-state index contributed by atoms with van der Waals surface area (Å²) in [7, 11) is 0. The number of carbonyl (C=O) groups excluding carboxylic acids is 1. The zero-order valence-corrected chi connectivity index (χ0v) is 19.0. The topological polar surface area (TPSA) is 59.8 Å². The molecular weight excluding hydrogens is 447 g/mol. The fourth-order valence-corrected chi connectivity index (χ4v) is 4.50. The number of hydrogen-bond acceptors (Lipinski definition) is 4. The highest BCUT2D eigenvalue weighted by molar-refractivity contribution is 7.13. The Labute approximate surface area is 200 Å². The lowest BCUT2D eigenvalue weighted by Gasteiger charge is -2.12. The van der Waals surface area contributed by atoms with E-state index < -0.39 is 0 Å². The van der Waals surface area contributed by atoms with Gasteiger partial charge in [-0.2, -0.15) is 0 Å². The van der Waals surface area contributed by atoms with Crippen molar-refractivity contribution < 1.29 is 9.18 Å². The van der Waals surface area contributed by atoms with Gasteiger partial charge in [-0.05, 0) is 29.8 Å². The van der Waals surface area contributed by atoms with Crippen LogP contribution in [0.4, 0.5) is 10.2 Å². The van der Waals surface area contributed by atoms with Crippen LogP contribution in [0.3, 0.4) is 0 Å². The van der Waals surface area contributed by atoms with Gasteiger partial charge in [0.05, 0.1) is 25.0 Å². The molecule has 0 aliphatic rings. The Morgan fingerprint density at radius 2 is 1.62 bits per heavy atom. The maximum Gasteiger partial charge on any atom is 0.231 e. The molecule has 2 heterocycles. The molecule has 1 amide bonds. The SMILES string of the molecule is O=C(Cc1csc(-c2ccccc2)n1)Nc1c(-c2ccc(F)cc2)ncn1Cc1ccccc1. The van der Waals surface area contributed by atoms with Crippen molar-refractivity contribution in [3.63, 3.8) is 0 Å². The highest BCUT2D eigenvalue weighted by Gasteiger charge is 2.17. The summed E-state index contributed by atoms with van der Waals surface area (Å²) in [6.07, 6.45) is 1.83. The van der Waals surface area contributed by atoms with E-state index in [9.17, 15) is 9.18 Å². The first-order valence-electron chi connectivity index (χ1n) is 10.8. The number of carbonyl (C=O) groups is 1. The van der Waals surface area contributed by atoms with Crippen LogP contribution in [0.5, 0.6) is 0 Å². The summed E-state index contributed by atoms with van der Waals surface area (Å²) in [4.78, 5) is 22.2. The molecule has 0 spiro atoms. The number of thiazole rings is 1.